The molecule has 1 atom stereocenters. The number of hydrogen-bond donors (Lipinski definition) is 1. The van der Waals surface area contributed by atoms with Crippen LogP contribution in [0.25, 0.3) is 0 Å². The molecule has 0 saturated heterocycles. The van der Waals surface area contributed by atoms with E-state index in [9.17, 15) is 13.2 Å². The quantitative estimate of drug-likeness (QED) is 0.822. The monoisotopic (exact) mass is 239 g/mol. The average Bonchev–Trinajstić information content (AvgIpc) is 2.14. The fourth-order valence-corrected chi connectivity index (χ4v) is 2.01. The highest BCUT2D eigenvalue weighted by Crippen LogP contribution is 2.37. The smallest absolute Gasteiger partial charge is 0.364 e. The minimum Gasteiger partial charge on any atom is -0.364 e. The lowest BCUT2D eigenvalue weighted by Gasteiger charge is -2.36. The SMILES string of the molecule is CC1(C)CCC(OC(CN)C(F)(F)F)CC1. The van der Waals surface area contributed by atoms with Crippen LogP contribution in [0.4, 0.5) is 13.2 Å². The Morgan fingerprint density at radius 2 is 1.81 bits per heavy atom. The minimum absolute atomic E-state index is 0.232. The minimum atomic E-state index is -4.35. The van der Waals surface area contributed by atoms with Gasteiger partial charge < -0.3 is 10.5 Å². The van der Waals surface area contributed by atoms with Crippen molar-refractivity contribution in [1.29, 1.82) is 0 Å². The van der Waals surface area contributed by atoms with Gasteiger partial charge in [0.25, 0.3) is 0 Å². The van der Waals surface area contributed by atoms with Gasteiger partial charge in [-0.15, -0.1) is 0 Å². The Balaban J connectivity index is 2.43. The standard InChI is InChI=1S/C11H20F3NO/c1-10(2)5-3-8(4-6-10)16-9(7-15)11(12,13)14/h8-9H,3-7,15H2,1-2H3. The van der Waals surface area contributed by atoms with E-state index in [4.69, 9.17) is 10.5 Å². The number of alkyl halides is 3. The van der Waals surface area contributed by atoms with Crippen molar-refractivity contribution in [2.24, 2.45) is 11.1 Å². The molecule has 1 fully saturated rings. The van der Waals surface area contributed by atoms with Gasteiger partial charge in [-0.05, 0) is 31.1 Å². The molecular formula is C11H20F3NO. The summed E-state index contributed by atoms with van der Waals surface area (Å²) in [6.45, 7) is 3.77. The van der Waals surface area contributed by atoms with Crippen LogP contribution in [0.15, 0.2) is 0 Å². The summed E-state index contributed by atoms with van der Waals surface area (Å²) < 4.78 is 42.3. The zero-order valence-electron chi connectivity index (χ0n) is 9.81. The van der Waals surface area contributed by atoms with Crippen LogP contribution < -0.4 is 5.73 Å². The molecule has 0 aromatic rings. The van der Waals surface area contributed by atoms with Crippen molar-refractivity contribution in [2.75, 3.05) is 6.54 Å². The topological polar surface area (TPSA) is 35.2 Å². The zero-order valence-corrected chi connectivity index (χ0v) is 9.81. The maximum absolute atomic E-state index is 12.4. The lowest BCUT2D eigenvalue weighted by Crippen LogP contribution is -2.42. The number of ether oxygens (including phenoxy) is 1. The largest absolute Gasteiger partial charge is 0.415 e. The van der Waals surface area contributed by atoms with Crippen molar-refractivity contribution in [1.82, 2.24) is 0 Å². The Kier molecular flexibility index (Phi) is 4.23. The predicted molar refractivity (Wildman–Crippen MR) is 56.0 cm³/mol. The van der Waals surface area contributed by atoms with Gasteiger partial charge in [-0.25, -0.2) is 0 Å². The highest BCUT2D eigenvalue weighted by molar-refractivity contribution is 4.81. The summed E-state index contributed by atoms with van der Waals surface area (Å²) in [4.78, 5) is 0. The molecule has 0 aliphatic heterocycles. The Bertz CT molecular complexity index is 218. The molecule has 16 heavy (non-hydrogen) atoms. The Labute approximate surface area is 94.3 Å². The summed E-state index contributed by atoms with van der Waals surface area (Å²) in [6.07, 6.45) is -3.23. The molecule has 2 N–H and O–H groups in total. The molecule has 0 aromatic carbocycles. The first-order valence-corrected chi connectivity index (χ1v) is 5.67. The Hall–Kier alpha value is -0.290. The van der Waals surface area contributed by atoms with E-state index < -0.39 is 18.8 Å². The van der Waals surface area contributed by atoms with Gasteiger partial charge in [-0.1, -0.05) is 13.8 Å². The number of rotatable bonds is 3. The lowest BCUT2D eigenvalue weighted by molar-refractivity contribution is -0.233. The maximum atomic E-state index is 12.4. The van der Waals surface area contributed by atoms with Gasteiger partial charge in [0.05, 0.1) is 6.10 Å². The van der Waals surface area contributed by atoms with Crippen molar-refractivity contribution in [3.63, 3.8) is 0 Å². The second-order valence-electron chi connectivity index (χ2n) is 5.27. The summed E-state index contributed by atoms with van der Waals surface area (Å²) >= 11 is 0. The maximum Gasteiger partial charge on any atom is 0.415 e. The summed E-state index contributed by atoms with van der Waals surface area (Å²) in [6, 6.07) is 0. The molecule has 0 radical (unpaired) electrons. The van der Waals surface area contributed by atoms with Crippen LogP contribution in [0.1, 0.15) is 39.5 Å². The summed E-state index contributed by atoms with van der Waals surface area (Å²) in [7, 11) is 0. The van der Waals surface area contributed by atoms with Gasteiger partial charge in [0.2, 0.25) is 0 Å². The summed E-state index contributed by atoms with van der Waals surface area (Å²) in [5.41, 5.74) is 5.32. The van der Waals surface area contributed by atoms with Crippen LogP contribution in [-0.2, 0) is 4.74 Å². The number of hydrogen-bond acceptors (Lipinski definition) is 2. The van der Waals surface area contributed by atoms with Crippen LogP contribution in [0.5, 0.6) is 0 Å². The highest BCUT2D eigenvalue weighted by atomic mass is 19.4. The fraction of sp³-hybridized carbons (Fsp3) is 1.00. The summed E-state index contributed by atoms with van der Waals surface area (Å²) in [5, 5.41) is 0. The first-order chi connectivity index (χ1) is 7.24. The molecule has 1 rings (SSSR count). The highest BCUT2D eigenvalue weighted by Gasteiger charge is 2.41. The fourth-order valence-electron chi connectivity index (χ4n) is 2.01. The molecule has 96 valence electrons. The third-order valence-electron chi connectivity index (χ3n) is 3.22. The first-order valence-electron chi connectivity index (χ1n) is 5.67. The first kappa shape index (κ1) is 13.8. The van der Waals surface area contributed by atoms with Gasteiger partial charge in [-0.3, -0.25) is 0 Å². The van der Waals surface area contributed by atoms with Crippen molar-refractivity contribution < 1.29 is 17.9 Å². The van der Waals surface area contributed by atoms with Crippen molar-refractivity contribution >= 4 is 0 Å². The molecule has 5 heteroatoms. The van der Waals surface area contributed by atoms with E-state index in [0.29, 0.717) is 12.8 Å². The van der Waals surface area contributed by atoms with Gasteiger partial charge in [0, 0.05) is 6.54 Å². The molecule has 2 nitrogen and oxygen atoms in total. The van der Waals surface area contributed by atoms with E-state index in [1.165, 1.54) is 0 Å². The lowest BCUT2D eigenvalue weighted by atomic mass is 9.76. The van der Waals surface area contributed by atoms with Crippen molar-refractivity contribution in [2.45, 2.75) is 57.9 Å². The van der Waals surface area contributed by atoms with Crippen LogP contribution in [0.3, 0.4) is 0 Å². The molecule has 1 aliphatic rings. The van der Waals surface area contributed by atoms with E-state index in [-0.39, 0.29) is 11.5 Å². The molecule has 0 spiro atoms. The third-order valence-corrected chi connectivity index (χ3v) is 3.22. The molecular weight excluding hydrogens is 219 g/mol. The van der Waals surface area contributed by atoms with Gasteiger partial charge in [-0.2, -0.15) is 13.2 Å². The molecule has 0 bridgehead atoms. The summed E-state index contributed by atoms with van der Waals surface area (Å²) in [5.74, 6) is 0. The second kappa shape index (κ2) is 4.92. The Morgan fingerprint density at radius 3 is 2.19 bits per heavy atom. The third kappa shape index (κ3) is 3.94. The van der Waals surface area contributed by atoms with Crippen LogP contribution in [0, 0.1) is 5.41 Å². The van der Waals surface area contributed by atoms with Gasteiger partial charge >= 0.3 is 6.18 Å². The molecule has 0 aromatic heterocycles. The molecule has 1 saturated carbocycles. The van der Waals surface area contributed by atoms with E-state index in [0.717, 1.165) is 12.8 Å². The molecule has 0 amide bonds. The van der Waals surface area contributed by atoms with Crippen LogP contribution in [0.2, 0.25) is 0 Å². The van der Waals surface area contributed by atoms with E-state index in [1.807, 2.05) is 0 Å². The molecule has 1 unspecified atom stereocenters. The molecule has 1 aliphatic carbocycles. The number of halogens is 3. The van der Waals surface area contributed by atoms with Gasteiger partial charge in [0.1, 0.15) is 0 Å². The predicted octanol–water partition coefficient (Wildman–Crippen LogP) is 2.86. The van der Waals surface area contributed by atoms with E-state index >= 15 is 0 Å². The average molecular weight is 239 g/mol. The molecule has 0 heterocycles. The van der Waals surface area contributed by atoms with E-state index in [1.54, 1.807) is 0 Å². The van der Waals surface area contributed by atoms with Gasteiger partial charge in [0.15, 0.2) is 6.10 Å². The van der Waals surface area contributed by atoms with Crippen molar-refractivity contribution in [3.8, 4) is 0 Å². The van der Waals surface area contributed by atoms with Crippen LogP contribution >= 0.6 is 0 Å². The Morgan fingerprint density at radius 1 is 1.31 bits per heavy atom. The van der Waals surface area contributed by atoms with Crippen LogP contribution in [-0.4, -0.2) is 24.9 Å². The van der Waals surface area contributed by atoms with Crippen molar-refractivity contribution in [3.05, 3.63) is 0 Å². The normalized spacial score (nSPS) is 24.4. The van der Waals surface area contributed by atoms with E-state index in [2.05, 4.69) is 13.8 Å². The second-order valence-corrected chi connectivity index (χ2v) is 5.27. The zero-order chi connectivity index (χ0) is 12.4. The number of nitrogens with two attached hydrogens (primary N) is 1.